The Hall–Kier alpha value is -2.67. The van der Waals surface area contributed by atoms with Gasteiger partial charge in [0.25, 0.3) is 0 Å². The van der Waals surface area contributed by atoms with Gasteiger partial charge in [0.1, 0.15) is 11.2 Å². The SMILES string of the molecule is CCN(c1ccc(-n2ccnc2)c(Br)c1)c1cc2onc(C)c2nc1C. The molecule has 0 bridgehead atoms. The van der Waals surface area contributed by atoms with E-state index in [0.29, 0.717) is 5.58 Å². The van der Waals surface area contributed by atoms with Crippen molar-refractivity contribution in [3.63, 3.8) is 0 Å². The van der Waals surface area contributed by atoms with Crippen LogP contribution in [0.5, 0.6) is 0 Å². The fourth-order valence-corrected chi connectivity index (χ4v) is 3.68. The molecule has 3 aromatic heterocycles. The third kappa shape index (κ3) is 2.78. The molecule has 0 saturated heterocycles. The van der Waals surface area contributed by atoms with E-state index in [0.717, 1.165) is 45.0 Å². The number of hydrogen-bond acceptors (Lipinski definition) is 5. The molecule has 0 spiro atoms. The molecular weight excluding hydrogens is 394 g/mol. The number of aryl methyl sites for hydroxylation is 2. The van der Waals surface area contributed by atoms with Gasteiger partial charge < -0.3 is 14.0 Å². The van der Waals surface area contributed by atoms with Crippen molar-refractivity contribution in [3.05, 3.63) is 58.8 Å². The molecule has 0 aliphatic heterocycles. The number of pyridine rings is 1. The molecular formula is C19H18BrN5O. The largest absolute Gasteiger partial charge is 0.354 e. The fourth-order valence-electron chi connectivity index (χ4n) is 3.11. The Morgan fingerprint density at radius 1 is 1.19 bits per heavy atom. The highest BCUT2D eigenvalue weighted by Gasteiger charge is 2.16. The van der Waals surface area contributed by atoms with Crippen LogP contribution < -0.4 is 4.90 Å². The number of rotatable bonds is 4. The number of fused-ring (bicyclic) bond motifs is 1. The Bertz CT molecular complexity index is 1070. The van der Waals surface area contributed by atoms with Gasteiger partial charge in [-0.15, -0.1) is 0 Å². The monoisotopic (exact) mass is 411 g/mol. The summed E-state index contributed by atoms with van der Waals surface area (Å²) in [7, 11) is 0. The third-order valence-electron chi connectivity index (χ3n) is 4.41. The summed E-state index contributed by atoms with van der Waals surface area (Å²) in [6.07, 6.45) is 5.47. The van der Waals surface area contributed by atoms with Gasteiger partial charge in [-0.2, -0.15) is 0 Å². The number of nitrogens with zero attached hydrogens (tertiary/aromatic N) is 5. The van der Waals surface area contributed by atoms with Crippen LogP contribution in [0.15, 0.2) is 52.0 Å². The standard InChI is InChI=1S/C19H18BrN5O/c1-4-25(17-10-18-19(22-12(17)2)13(3)23-26-18)14-5-6-16(15(20)9-14)24-8-7-21-11-24/h5-11H,4H2,1-3H3. The predicted octanol–water partition coefficient (Wildman–Crippen LogP) is 4.95. The molecule has 0 amide bonds. The van der Waals surface area contributed by atoms with Crippen molar-refractivity contribution < 1.29 is 4.52 Å². The highest BCUT2D eigenvalue weighted by Crippen LogP contribution is 2.34. The van der Waals surface area contributed by atoms with Gasteiger partial charge in [0.2, 0.25) is 0 Å². The summed E-state index contributed by atoms with van der Waals surface area (Å²) in [5.74, 6) is 0. The smallest absolute Gasteiger partial charge is 0.187 e. The van der Waals surface area contributed by atoms with E-state index in [1.54, 1.807) is 12.5 Å². The molecule has 0 saturated carbocycles. The predicted molar refractivity (Wildman–Crippen MR) is 105 cm³/mol. The maximum absolute atomic E-state index is 5.41. The minimum Gasteiger partial charge on any atom is -0.354 e. The molecule has 4 rings (SSSR count). The molecule has 3 heterocycles. The van der Waals surface area contributed by atoms with Gasteiger partial charge in [-0.1, -0.05) is 5.16 Å². The second-order valence-corrected chi connectivity index (χ2v) is 6.91. The van der Waals surface area contributed by atoms with Crippen LogP contribution in [0.25, 0.3) is 16.8 Å². The molecule has 0 aliphatic carbocycles. The first kappa shape index (κ1) is 16.8. The Kier molecular flexibility index (Phi) is 4.24. The lowest BCUT2D eigenvalue weighted by atomic mass is 10.2. The number of anilines is 2. The molecule has 7 heteroatoms. The van der Waals surface area contributed by atoms with Gasteiger partial charge in [0.15, 0.2) is 5.58 Å². The Labute approximate surface area is 159 Å². The molecule has 6 nitrogen and oxygen atoms in total. The molecule has 0 radical (unpaired) electrons. The summed E-state index contributed by atoms with van der Waals surface area (Å²) in [4.78, 5) is 11.0. The Morgan fingerprint density at radius 3 is 2.73 bits per heavy atom. The van der Waals surface area contributed by atoms with E-state index in [-0.39, 0.29) is 0 Å². The topological polar surface area (TPSA) is 60.0 Å². The van der Waals surface area contributed by atoms with Gasteiger partial charge in [0, 0.05) is 35.2 Å². The molecule has 0 unspecified atom stereocenters. The highest BCUT2D eigenvalue weighted by molar-refractivity contribution is 9.10. The van der Waals surface area contributed by atoms with Crippen LogP contribution in [0.3, 0.4) is 0 Å². The molecule has 0 aliphatic rings. The Balaban J connectivity index is 1.78. The van der Waals surface area contributed by atoms with Crippen molar-refractivity contribution in [3.8, 4) is 5.69 Å². The normalized spacial score (nSPS) is 11.2. The summed E-state index contributed by atoms with van der Waals surface area (Å²) >= 11 is 3.68. The lowest BCUT2D eigenvalue weighted by molar-refractivity contribution is 0.450. The lowest BCUT2D eigenvalue weighted by Gasteiger charge is -2.25. The summed E-state index contributed by atoms with van der Waals surface area (Å²) in [5.41, 5.74) is 6.40. The minimum atomic E-state index is 0.704. The summed E-state index contributed by atoms with van der Waals surface area (Å²) in [5, 5.41) is 4.02. The zero-order valence-electron chi connectivity index (χ0n) is 14.8. The maximum atomic E-state index is 5.41. The second kappa shape index (κ2) is 6.57. The van der Waals surface area contributed by atoms with Crippen molar-refractivity contribution in [1.82, 2.24) is 19.7 Å². The van der Waals surface area contributed by atoms with Gasteiger partial charge in [0.05, 0.1) is 23.4 Å². The molecule has 132 valence electrons. The molecule has 0 atom stereocenters. The van der Waals surface area contributed by atoms with E-state index in [1.807, 2.05) is 30.7 Å². The van der Waals surface area contributed by atoms with Gasteiger partial charge in [-0.3, -0.25) is 0 Å². The first-order chi connectivity index (χ1) is 12.6. The Morgan fingerprint density at radius 2 is 2.04 bits per heavy atom. The summed E-state index contributed by atoms with van der Waals surface area (Å²) < 4.78 is 8.37. The van der Waals surface area contributed by atoms with Gasteiger partial charge in [-0.25, -0.2) is 9.97 Å². The zero-order valence-corrected chi connectivity index (χ0v) is 16.4. The molecule has 26 heavy (non-hydrogen) atoms. The summed E-state index contributed by atoms with van der Waals surface area (Å²) in [6, 6.07) is 8.29. The van der Waals surface area contributed by atoms with E-state index >= 15 is 0 Å². The first-order valence-corrected chi connectivity index (χ1v) is 9.17. The van der Waals surface area contributed by atoms with Crippen LogP contribution in [0, 0.1) is 13.8 Å². The molecule has 1 aromatic carbocycles. The lowest BCUT2D eigenvalue weighted by Crippen LogP contribution is -2.17. The van der Waals surface area contributed by atoms with Gasteiger partial charge >= 0.3 is 0 Å². The van der Waals surface area contributed by atoms with E-state index in [4.69, 9.17) is 4.52 Å². The minimum absolute atomic E-state index is 0.704. The quantitative estimate of drug-likeness (QED) is 0.475. The molecule has 0 fully saturated rings. The van der Waals surface area contributed by atoms with E-state index in [1.165, 1.54) is 0 Å². The van der Waals surface area contributed by atoms with Crippen molar-refractivity contribution >= 4 is 38.4 Å². The van der Waals surface area contributed by atoms with Crippen molar-refractivity contribution in [1.29, 1.82) is 0 Å². The number of halogens is 1. The van der Waals surface area contributed by atoms with Gasteiger partial charge in [-0.05, 0) is 54.9 Å². The van der Waals surface area contributed by atoms with Crippen molar-refractivity contribution in [2.24, 2.45) is 0 Å². The van der Waals surface area contributed by atoms with E-state index in [9.17, 15) is 0 Å². The van der Waals surface area contributed by atoms with Crippen LogP contribution in [-0.4, -0.2) is 26.2 Å². The van der Waals surface area contributed by atoms with E-state index < -0.39 is 0 Å². The van der Waals surface area contributed by atoms with Crippen LogP contribution >= 0.6 is 15.9 Å². The fraction of sp³-hybridized carbons (Fsp3) is 0.211. The van der Waals surface area contributed by atoms with Crippen molar-refractivity contribution in [2.45, 2.75) is 20.8 Å². The third-order valence-corrected chi connectivity index (χ3v) is 5.04. The zero-order chi connectivity index (χ0) is 18.3. The maximum Gasteiger partial charge on any atom is 0.187 e. The number of imidazole rings is 1. The highest BCUT2D eigenvalue weighted by atomic mass is 79.9. The first-order valence-electron chi connectivity index (χ1n) is 8.37. The molecule has 0 N–H and O–H groups in total. The van der Waals surface area contributed by atoms with Crippen LogP contribution in [0.2, 0.25) is 0 Å². The number of benzene rings is 1. The van der Waals surface area contributed by atoms with Crippen molar-refractivity contribution in [2.75, 3.05) is 11.4 Å². The summed E-state index contributed by atoms with van der Waals surface area (Å²) in [6.45, 7) is 6.84. The van der Waals surface area contributed by atoms with Crippen LogP contribution in [-0.2, 0) is 0 Å². The van der Waals surface area contributed by atoms with Crippen LogP contribution in [0.1, 0.15) is 18.3 Å². The van der Waals surface area contributed by atoms with Crippen LogP contribution in [0.4, 0.5) is 11.4 Å². The molecule has 4 aromatic rings. The average molecular weight is 412 g/mol. The average Bonchev–Trinajstić information content (AvgIpc) is 3.27. The van der Waals surface area contributed by atoms with E-state index in [2.05, 4.69) is 61.1 Å². The number of hydrogen-bond donors (Lipinski definition) is 0. The number of aromatic nitrogens is 4. The second-order valence-electron chi connectivity index (χ2n) is 6.06.